The summed E-state index contributed by atoms with van der Waals surface area (Å²) in [7, 11) is 0. The number of allylic oxidation sites excluding steroid dienone is 4. The first kappa shape index (κ1) is 29.7. The molecule has 2 aliphatic rings. The first-order chi connectivity index (χ1) is 16.9. The van der Waals surface area contributed by atoms with Gasteiger partial charge in [0.05, 0.1) is 18.3 Å². The zero-order valence-corrected chi connectivity index (χ0v) is 22.1. The van der Waals surface area contributed by atoms with Crippen molar-refractivity contribution in [3.63, 3.8) is 0 Å². The van der Waals surface area contributed by atoms with E-state index in [4.69, 9.17) is 19.7 Å². The van der Waals surface area contributed by atoms with Crippen molar-refractivity contribution in [2.75, 3.05) is 0 Å². The minimum atomic E-state index is -1.03. The number of hydrogen-bond donors (Lipinski definition) is 3. The second-order valence-corrected chi connectivity index (χ2v) is 10.4. The molecule has 0 saturated carbocycles. The number of ether oxygens (including phenoxy) is 2. The van der Waals surface area contributed by atoms with E-state index >= 15 is 0 Å². The van der Waals surface area contributed by atoms with Crippen LogP contribution >= 0.6 is 0 Å². The van der Waals surface area contributed by atoms with Crippen LogP contribution in [0.3, 0.4) is 0 Å². The number of aliphatic carboxylic acids is 2. The largest absolute Gasteiger partial charge is 0.478 e. The van der Waals surface area contributed by atoms with Gasteiger partial charge in [0, 0.05) is 30.9 Å². The third-order valence-corrected chi connectivity index (χ3v) is 7.08. The van der Waals surface area contributed by atoms with Gasteiger partial charge in [0.2, 0.25) is 0 Å². The van der Waals surface area contributed by atoms with E-state index in [0.717, 1.165) is 43.8 Å². The number of hydrogen-bond acceptors (Lipinski definition) is 5. The van der Waals surface area contributed by atoms with Crippen LogP contribution < -0.4 is 0 Å². The summed E-state index contributed by atoms with van der Waals surface area (Å²) in [6.07, 6.45) is 16.6. The standard InChI is InChI=1S/C29H42O7/c1-19(6-10-24(30)21(3)9-13-27(31)32)7-11-25-22(4)14-16-29(35-25)17-15-23(5)26(36-29)12-8-20(2)18-28(33)34/h6-10,12-13,18,21-26,30H,11,14-17H2,1-5H3,(H,31,32)(H,33,34)/b10-6+,12-8-,13-9+,19-7+,20-18+/t21?,22-,23+,24?,25+,26+,29?/m1/s1. The molecule has 0 bridgehead atoms. The lowest BCUT2D eigenvalue weighted by molar-refractivity contribution is -0.323. The Morgan fingerprint density at radius 1 is 0.944 bits per heavy atom. The maximum atomic E-state index is 10.9. The smallest absolute Gasteiger partial charge is 0.328 e. The topological polar surface area (TPSA) is 113 Å². The maximum absolute atomic E-state index is 10.9. The molecule has 200 valence electrons. The predicted molar refractivity (Wildman–Crippen MR) is 139 cm³/mol. The van der Waals surface area contributed by atoms with Crippen molar-refractivity contribution in [3.05, 3.63) is 59.8 Å². The van der Waals surface area contributed by atoms with E-state index < -0.39 is 23.8 Å². The van der Waals surface area contributed by atoms with Gasteiger partial charge < -0.3 is 24.8 Å². The van der Waals surface area contributed by atoms with E-state index in [9.17, 15) is 14.7 Å². The Morgan fingerprint density at radius 2 is 1.61 bits per heavy atom. The third-order valence-electron chi connectivity index (χ3n) is 7.08. The quantitative estimate of drug-likeness (QED) is 0.270. The number of aliphatic hydroxyl groups excluding tert-OH is 1. The molecule has 0 amide bonds. The molecule has 36 heavy (non-hydrogen) atoms. The highest BCUT2D eigenvalue weighted by atomic mass is 16.7. The van der Waals surface area contributed by atoms with Crippen molar-refractivity contribution in [2.24, 2.45) is 17.8 Å². The maximum Gasteiger partial charge on any atom is 0.328 e. The number of rotatable bonds is 10. The van der Waals surface area contributed by atoms with Gasteiger partial charge in [-0.1, -0.05) is 62.8 Å². The van der Waals surface area contributed by atoms with E-state index in [1.807, 2.05) is 25.2 Å². The van der Waals surface area contributed by atoms with Crippen molar-refractivity contribution in [1.29, 1.82) is 0 Å². The molecule has 7 nitrogen and oxygen atoms in total. The molecule has 0 aromatic rings. The highest BCUT2D eigenvalue weighted by Crippen LogP contribution is 2.43. The molecule has 7 heteroatoms. The first-order valence-electron chi connectivity index (χ1n) is 12.8. The van der Waals surface area contributed by atoms with Crippen molar-refractivity contribution in [2.45, 2.75) is 90.8 Å². The van der Waals surface area contributed by atoms with E-state index in [0.29, 0.717) is 17.4 Å². The summed E-state index contributed by atoms with van der Waals surface area (Å²) < 4.78 is 13.1. The normalized spacial score (nSPS) is 31.9. The number of carbonyl (C=O) groups is 2. The fourth-order valence-electron chi connectivity index (χ4n) is 4.53. The van der Waals surface area contributed by atoms with Crippen LogP contribution in [0.4, 0.5) is 0 Å². The third kappa shape index (κ3) is 9.52. The monoisotopic (exact) mass is 502 g/mol. The van der Waals surface area contributed by atoms with Crippen molar-refractivity contribution >= 4 is 11.9 Å². The molecule has 1 spiro atoms. The molecule has 7 atom stereocenters. The Balaban J connectivity index is 2.01. The van der Waals surface area contributed by atoms with Crippen LogP contribution in [-0.4, -0.2) is 51.4 Å². The Morgan fingerprint density at radius 3 is 2.25 bits per heavy atom. The molecule has 3 unspecified atom stereocenters. The molecule has 0 aliphatic carbocycles. The van der Waals surface area contributed by atoms with Crippen molar-refractivity contribution in [3.8, 4) is 0 Å². The van der Waals surface area contributed by atoms with Gasteiger partial charge in [-0.2, -0.15) is 0 Å². The Kier molecular flexibility index (Phi) is 11.3. The summed E-state index contributed by atoms with van der Waals surface area (Å²) in [4.78, 5) is 21.5. The van der Waals surface area contributed by atoms with Gasteiger partial charge >= 0.3 is 11.9 Å². The molecule has 2 heterocycles. The minimum Gasteiger partial charge on any atom is -0.478 e. The lowest BCUT2D eigenvalue weighted by Crippen LogP contribution is -2.51. The summed E-state index contributed by atoms with van der Waals surface area (Å²) in [5, 5.41) is 27.9. The van der Waals surface area contributed by atoms with Crippen LogP contribution in [0.1, 0.15) is 66.7 Å². The SMILES string of the molecule is CC(/C=C\[C@@H]1OC2(CC[C@@H](C)[C@H](C/C=C(C)/C=C/C(O)C(C)/C=C/C(=O)O)O2)CC[C@@H]1C)=C\C(=O)O. The van der Waals surface area contributed by atoms with Crippen LogP contribution in [0.5, 0.6) is 0 Å². The van der Waals surface area contributed by atoms with Gasteiger partial charge in [-0.3, -0.25) is 0 Å². The van der Waals surface area contributed by atoms with Crippen molar-refractivity contribution in [1.82, 2.24) is 0 Å². The summed E-state index contributed by atoms with van der Waals surface area (Å²) in [5.74, 6) is -2.22. The molecular weight excluding hydrogens is 460 g/mol. The average molecular weight is 503 g/mol. The summed E-state index contributed by atoms with van der Waals surface area (Å²) in [6, 6.07) is 0. The van der Waals surface area contributed by atoms with Crippen LogP contribution in [0.25, 0.3) is 0 Å². The van der Waals surface area contributed by atoms with Crippen LogP contribution in [-0.2, 0) is 19.1 Å². The molecule has 2 saturated heterocycles. The molecule has 2 rings (SSSR count). The number of carboxylic acid groups (broad SMARTS) is 2. The molecular formula is C29H42O7. The van der Waals surface area contributed by atoms with Crippen LogP contribution in [0.15, 0.2) is 59.8 Å². The Labute approximate surface area is 214 Å². The zero-order valence-electron chi connectivity index (χ0n) is 22.1. The molecule has 2 aliphatic heterocycles. The van der Waals surface area contributed by atoms with Crippen LogP contribution in [0.2, 0.25) is 0 Å². The van der Waals surface area contributed by atoms with Gasteiger partial charge in [-0.15, -0.1) is 0 Å². The molecule has 0 aromatic heterocycles. The Bertz CT molecular complexity index is 909. The van der Waals surface area contributed by atoms with Gasteiger partial charge in [0.25, 0.3) is 0 Å². The van der Waals surface area contributed by atoms with E-state index in [2.05, 4.69) is 19.9 Å². The zero-order chi connectivity index (χ0) is 26.9. The number of aliphatic hydroxyl groups is 1. The van der Waals surface area contributed by atoms with Gasteiger partial charge in [0.1, 0.15) is 0 Å². The summed E-state index contributed by atoms with van der Waals surface area (Å²) >= 11 is 0. The summed E-state index contributed by atoms with van der Waals surface area (Å²) in [6.45, 7) is 9.84. The second kappa shape index (κ2) is 13.7. The molecule has 3 N–H and O–H groups in total. The highest BCUT2D eigenvalue weighted by molar-refractivity contribution is 5.81. The Hall–Kier alpha value is -2.48. The second-order valence-electron chi connectivity index (χ2n) is 10.4. The van der Waals surface area contributed by atoms with E-state index in [-0.39, 0.29) is 18.1 Å². The van der Waals surface area contributed by atoms with Crippen molar-refractivity contribution < 1.29 is 34.4 Å². The fourth-order valence-corrected chi connectivity index (χ4v) is 4.53. The van der Waals surface area contributed by atoms with Gasteiger partial charge in [-0.25, -0.2) is 9.59 Å². The lowest BCUT2D eigenvalue weighted by Gasteiger charge is -2.49. The van der Waals surface area contributed by atoms with Gasteiger partial charge in [-0.05, 0) is 50.5 Å². The minimum absolute atomic E-state index is 0.0103. The molecule has 0 aromatic carbocycles. The van der Waals surface area contributed by atoms with E-state index in [1.54, 1.807) is 19.9 Å². The highest BCUT2D eigenvalue weighted by Gasteiger charge is 2.45. The first-order valence-corrected chi connectivity index (χ1v) is 12.8. The van der Waals surface area contributed by atoms with Crippen LogP contribution in [0, 0.1) is 17.8 Å². The number of carboxylic acids is 2. The molecule has 0 radical (unpaired) electrons. The lowest BCUT2D eigenvalue weighted by atomic mass is 9.83. The molecule has 2 fully saturated rings. The fraction of sp³-hybridized carbons (Fsp3) is 0.586. The van der Waals surface area contributed by atoms with Gasteiger partial charge in [0.15, 0.2) is 5.79 Å². The average Bonchev–Trinajstić information content (AvgIpc) is 2.81. The summed E-state index contributed by atoms with van der Waals surface area (Å²) in [5.41, 5.74) is 1.67. The predicted octanol–water partition coefficient (Wildman–Crippen LogP) is 5.43. The van der Waals surface area contributed by atoms with E-state index in [1.165, 1.54) is 12.2 Å².